The fourth-order valence-corrected chi connectivity index (χ4v) is 7.77. The smallest absolute Gasteiger partial charge is 0.408 e. The lowest BCUT2D eigenvalue weighted by Crippen LogP contribution is -2.52. The van der Waals surface area contributed by atoms with Crippen LogP contribution >= 0.6 is 0 Å². The molecule has 2 rings (SSSR count). The number of amides is 2. The molecule has 0 unspecified atom stereocenters. The number of ether oxygens (including phenoxy) is 2. The summed E-state index contributed by atoms with van der Waals surface area (Å²) >= 11 is 0. The van der Waals surface area contributed by atoms with Gasteiger partial charge >= 0.3 is 12.1 Å². The Balaban J connectivity index is 2.36. The van der Waals surface area contributed by atoms with E-state index in [-0.39, 0.29) is 18.5 Å². The summed E-state index contributed by atoms with van der Waals surface area (Å²) in [6.45, 7) is 9.83. The van der Waals surface area contributed by atoms with Gasteiger partial charge in [-0.1, -0.05) is 57.9 Å². The maximum atomic E-state index is 14.0. The van der Waals surface area contributed by atoms with Crippen molar-refractivity contribution >= 4 is 27.8 Å². The molecule has 0 saturated carbocycles. The molecule has 0 radical (unpaired) electrons. The summed E-state index contributed by atoms with van der Waals surface area (Å²) in [6, 6.07) is 8.16. The van der Waals surface area contributed by atoms with Crippen LogP contribution in [-0.2, 0) is 48.3 Å². The van der Waals surface area contributed by atoms with Crippen LogP contribution in [0.3, 0.4) is 0 Å². The lowest BCUT2D eigenvalue weighted by atomic mass is 10.0. The van der Waals surface area contributed by atoms with Crippen molar-refractivity contribution < 1.29 is 41.1 Å². The number of alkyl carbamates (subject to hydrolysis) is 1. The Kier molecular flexibility index (Phi) is 18.4. The van der Waals surface area contributed by atoms with Crippen LogP contribution in [0.15, 0.2) is 42.5 Å². The van der Waals surface area contributed by atoms with E-state index < -0.39 is 75.2 Å². The Bertz CT molecular complexity index is 1460. The first-order valence-electron chi connectivity index (χ1n) is 17.4. The molecule has 0 spiro atoms. The molecular weight excluding hydrogens is 670 g/mol. The van der Waals surface area contributed by atoms with E-state index in [2.05, 4.69) is 10.6 Å². The first-order chi connectivity index (χ1) is 23.8. The van der Waals surface area contributed by atoms with E-state index >= 15 is 0 Å². The molecule has 11 nitrogen and oxygen atoms in total. The van der Waals surface area contributed by atoms with Crippen molar-refractivity contribution in [2.24, 2.45) is 5.73 Å². The second-order valence-corrected chi connectivity index (χ2v) is 14.6. The van der Waals surface area contributed by atoms with Gasteiger partial charge in [-0.2, -0.15) is 0 Å². The predicted octanol–water partition coefficient (Wildman–Crippen LogP) is 4.45. The van der Waals surface area contributed by atoms with Crippen molar-refractivity contribution in [2.45, 2.75) is 103 Å². The van der Waals surface area contributed by atoms with E-state index in [0.29, 0.717) is 45.3 Å². The van der Waals surface area contributed by atoms with Gasteiger partial charge in [0.15, 0.2) is 16.4 Å². The summed E-state index contributed by atoms with van der Waals surface area (Å²) in [5.74, 6) is -3.91. The third kappa shape index (κ3) is 14.3. The highest BCUT2D eigenvalue weighted by Crippen LogP contribution is 2.18. The van der Waals surface area contributed by atoms with Gasteiger partial charge in [0.25, 0.3) is 5.91 Å². The number of hydrogen-bond acceptors (Lipinski definition) is 9. The molecule has 0 aliphatic carbocycles. The predicted molar refractivity (Wildman–Crippen MR) is 189 cm³/mol. The normalized spacial score (nSPS) is 13.4. The van der Waals surface area contributed by atoms with Crippen LogP contribution < -0.4 is 16.4 Å². The highest BCUT2D eigenvalue weighted by atomic mass is 32.2. The lowest BCUT2D eigenvalue weighted by molar-refractivity contribution is -0.151. The number of carbonyl (C=O) groups excluding carboxylic acids is 3. The molecule has 0 fully saturated rings. The molecule has 0 bridgehead atoms. The number of nitrogens with two attached hydrogens (primary N) is 1. The fourth-order valence-electron chi connectivity index (χ4n) is 5.63. The van der Waals surface area contributed by atoms with E-state index in [1.807, 2.05) is 45.0 Å². The number of aryl methyl sites for hydroxylation is 1. The summed E-state index contributed by atoms with van der Waals surface area (Å²) < 4.78 is 66.0. The van der Waals surface area contributed by atoms with Crippen LogP contribution in [0.25, 0.3) is 0 Å². The number of nitrogens with zero attached hydrogens (tertiary/aromatic N) is 1. The Morgan fingerprint density at radius 3 is 2.10 bits per heavy atom. The second-order valence-electron chi connectivity index (χ2n) is 12.3. The van der Waals surface area contributed by atoms with Crippen molar-refractivity contribution in [1.29, 1.82) is 0 Å². The molecule has 2 aromatic rings. The quantitative estimate of drug-likeness (QED) is 0.149. The van der Waals surface area contributed by atoms with Gasteiger partial charge < -0.3 is 30.7 Å². The Morgan fingerprint density at radius 1 is 0.900 bits per heavy atom. The van der Waals surface area contributed by atoms with Crippen molar-refractivity contribution in [3.8, 4) is 0 Å². The number of rotatable bonds is 22. The average Bonchev–Trinajstić information content (AvgIpc) is 3.06. The summed E-state index contributed by atoms with van der Waals surface area (Å²) in [5, 5.41) is 4.75. The van der Waals surface area contributed by atoms with Crippen LogP contribution in [0, 0.1) is 11.6 Å². The summed E-state index contributed by atoms with van der Waals surface area (Å²) in [7, 11) is -3.94. The van der Waals surface area contributed by atoms with Gasteiger partial charge in [-0.3, -0.25) is 4.79 Å². The van der Waals surface area contributed by atoms with Crippen LogP contribution in [0.4, 0.5) is 13.6 Å². The summed E-state index contributed by atoms with van der Waals surface area (Å²) in [4.78, 5) is 40.5. The maximum absolute atomic E-state index is 14.0. The molecule has 4 N–H and O–H groups in total. The number of sulfone groups is 1. The zero-order valence-electron chi connectivity index (χ0n) is 29.9. The SMILES string of the molecule is CCCC(CCC)S(=O)(=O)C[C@@H](NC(=O)OCC(=O)N(CC)CC)C(=O)O[C@H](CNCc1cccc(CC)c1)[C@@H](N)Cc1cc(F)cc(F)c1. The van der Waals surface area contributed by atoms with Crippen LogP contribution in [0.5, 0.6) is 0 Å². The maximum Gasteiger partial charge on any atom is 0.408 e. The fraction of sp³-hybridized carbons (Fsp3) is 0.583. The zero-order valence-corrected chi connectivity index (χ0v) is 30.7. The average molecular weight is 725 g/mol. The third-order valence-corrected chi connectivity index (χ3v) is 10.6. The highest BCUT2D eigenvalue weighted by Gasteiger charge is 2.35. The van der Waals surface area contributed by atoms with Gasteiger partial charge in [0.2, 0.25) is 0 Å². The monoisotopic (exact) mass is 724 g/mol. The van der Waals surface area contributed by atoms with E-state index in [4.69, 9.17) is 15.2 Å². The minimum atomic E-state index is -3.94. The van der Waals surface area contributed by atoms with E-state index in [0.717, 1.165) is 35.7 Å². The number of likely N-dealkylation sites (N-methyl/N-ethyl adjacent to an activating group) is 1. The van der Waals surface area contributed by atoms with Gasteiger partial charge in [-0.15, -0.1) is 0 Å². The Morgan fingerprint density at radius 2 is 1.52 bits per heavy atom. The molecule has 3 atom stereocenters. The van der Waals surface area contributed by atoms with E-state index in [1.165, 1.54) is 4.90 Å². The van der Waals surface area contributed by atoms with Crippen molar-refractivity contribution in [3.05, 3.63) is 70.8 Å². The minimum Gasteiger partial charge on any atom is -0.458 e. The molecule has 0 heterocycles. The molecule has 14 heteroatoms. The minimum absolute atomic E-state index is 0.00234. The third-order valence-electron chi connectivity index (χ3n) is 8.36. The van der Waals surface area contributed by atoms with Gasteiger partial charge in [0, 0.05) is 38.3 Å². The molecule has 2 amide bonds. The lowest BCUT2D eigenvalue weighted by Gasteiger charge is -2.28. The van der Waals surface area contributed by atoms with E-state index in [9.17, 15) is 31.6 Å². The van der Waals surface area contributed by atoms with Crippen LogP contribution in [0.2, 0.25) is 0 Å². The first kappa shape index (κ1) is 42.5. The number of hydrogen-bond donors (Lipinski definition) is 3. The van der Waals surface area contributed by atoms with Gasteiger partial charge in [0.05, 0.1) is 11.0 Å². The van der Waals surface area contributed by atoms with Gasteiger partial charge in [0.1, 0.15) is 23.8 Å². The number of benzene rings is 2. The summed E-state index contributed by atoms with van der Waals surface area (Å²) in [5.41, 5.74) is 8.80. The van der Waals surface area contributed by atoms with Crippen LogP contribution in [-0.4, -0.2) is 86.7 Å². The van der Waals surface area contributed by atoms with Crippen LogP contribution in [0.1, 0.15) is 77.0 Å². The number of halogens is 2. The number of carbonyl (C=O) groups is 3. The van der Waals surface area contributed by atoms with Gasteiger partial charge in [-0.25, -0.2) is 26.8 Å². The Hall–Kier alpha value is -3.62. The molecule has 50 heavy (non-hydrogen) atoms. The zero-order chi connectivity index (χ0) is 37.3. The van der Waals surface area contributed by atoms with Gasteiger partial charge in [-0.05, 0) is 68.4 Å². The van der Waals surface area contributed by atoms with E-state index in [1.54, 1.807) is 13.8 Å². The molecule has 0 aromatic heterocycles. The molecule has 0 aliphatic heterocycles. The molecule has 2 aromatic carbocycles. The number of esters is 1. The molecule has 280 valence electrons. The summed E-state index contributed by atoms with van der Waals surface area (Å²) in [6.07, 6.45) is 0.375. The van der Waals surface area contributed by atoms with Crippen molar-refractivity contribution in [3.63, 3.8) is 0 Å². The first-order valence-corrected chi connectivity index (χ1v) is 19.1. The number of nitrogens with one attached hydrogen (secondary N) is 2. The van der Waals surface area contributed by atoms with Crippen molar-refractivity contribution in [1.82, 2.24) is 15.5 Å². The Labute approximate surface area is 295 Å². The largest absolute Gasteiger partial charge is 0.458 e. The topological polar surface area (TPSA) is 157 Å². The molecule has 0 saturated heterocycles. The molecule has 0 aliphatic rings. The van der Waals surface area contributed by atoms with Crippen molar-refractivity contribution in [2.75, 3.05) is 32.0 Å². The standard InChI is InChI=1S/C36H54F2N4O7S/c1-6-12-30(13-7-2)50(46,47)24-32(41-36(45)48-23-34(43)42(9-4)10-5)35(44)49-33(22-40-21-26-15-11-14-25(8-3)16-26)31(39)19-27-17-28(37)20-29(38)18-27/h11,14-18,20,30-33,40H,6-10,12-13,19,21-24,39H2,1-5H3,(H,41,45)/t31-,32+,33+/m0/s1. The highest BCUT2D eigenvalue weighted by molar-refractivity contribution is 7.92. The second kappa shape index (κ2) is 21.6. The molecular formula is C36H54F2N4O7S.